The van der Waals surface area contributed by atoms with Crippen molar-refractivity contribution in [2.45, 2.75) is 64.3 Å². The first-order valence-electron chi connectivity index (χ1n) is 11.4. The molecule has 1 aromatic heterocycles. The lowest BCUT2D eigenvalue weighted by Gasteiger charge is -2.27. The van der Waals surface area contributed by atoms with Gasteiger partial charge in [-0.15, -0.1) is 10.2 Å². The van der Waals surface area contributed by atoms with Crippen LogP contribution in [0.1, 0.15) is 66.7 Å². The molecule has 1 atom stereocenters. The third-order valence-electron chi connectivity index (χ3n) is 5.69. The first-order valence-corrected chi connectivity index (χ1v) is 12.6. The number of carbonyl (C=O) groups excluding carboxylic acids is 2. The van der Waals surface area contributed by atoms with E-state index in [0.29, 0.717) is 47.6 Å². The lowest BCUT2D eigenvalue weighted by molar-refractivity contribution is -0.121. The highest BCUT2D eigenvalue weighted by molar-refractivity contribution is 7.13. The maximum Gasteiger partial charge on any atom is 0.286 e. The molecule has 174 valence electrons. The molecule has 0 bridgehead atoms. The minimum absolute atomic E-state index is 0.0662. The molecule has 2 N–H and O–H groups in total. The summed E-state index contributed by atoms with van der Waals surface area (Å²) in [5.74, 6) is -0.246. The molecule has 32 heavy (non-hydrogen) atoms. The molecule has 0 radical (unpaired) electrons. The number of likely N-dealkylation sites (tertiary alicyclic amines) is 1. The van der Waals surface area contributed by atoms with Crippen molar-refractivity contribution < 1.29 is 9.59 Å². The molecule has 1 aromatic carbocycles. The zero-order chi connectivity index (χ0) is 22.8. The van der Waals surface area contributed by atoms with E-state index >= 15 is 0 Å². The Morgan fingerprint density at radius 1 is 1.19 bits per heavy atom. The lowest BCUT2D eigenvalue weighted by Crippen LogP contribution is -2.37. The highest BCUT2D eigenvalue weighted by atomic mass is 35.5. The summed E-state index contributed by atoms with van der Waals surface area (Å²) in [5, 5.41) is 15.5. The van der Waals surface area contributed by atoms with Gasteiger partial charge in [-0.05, 0) is 63.9 Å². The molecule has 1 fully saturated rings. The summed E-state index contributed by atoms with van der Waals surface area (Å²) in [5.41, 5.74) is 0.612. The molecule has 0 saturated carbocycles. The van der Waals surface area contributed by atoms with Gasteiger partial charge in [0.2, 0.25) is 10.9 Å². The van der Waals surface area contributed by atoms with Gasteiger partial charge in [-0.2, -0.15) is 0 Å². The number of carbonyl (C=O) groups is 2. The van der Waals surface area contributed by atoms with E-state index < -0.39 is 0 Å². The number of aromatic nitrogens is 2. The van der Waals surface area contributed by atoms with Gasteiger partial charge in [0.15, 0.2) is 0 Å². The van der Waals surface area contributed by atoms with Gasteiger partial charge < -0.3 is 15.5 Å². The van der Waals surface area contributed by atoms with Crippen LogP contribution in [0.25, 0.3) is 0 Å². The Morgan fingerprint density at radius 3 is 2.72 bits per heavy atom. The molecule has 1 aliphatic heterocycles. The van der Waals surface area contributed by atoms with Crippen LogP contribution in [-0.2, 0) is 11.2 Å². The molecule has 1 aliphatic rings. The third kappa shape index (κ3) is 8.15. The number of benzene rings is 1. The van der Waals surface area contributed by atoms with Crippen molar-refractivity contribution in [3.05, 3.63) is 39.3 Å². The largest absolute Gasteiger partial charge is 0.356 e. The molecule has 2 aromatic rings. The summed E-state index contributed by atoms with van der Waals surface area (Å²) in [6.45, 7) is 5.32. The number of anilines is 1. The quantitative estimate of drug-likeness (QED) is 0.524. The summed E-state index contributed by atoms with van der Waals surface area (Å²) in [4.78, 5) is 27.0. The standard InChI is InChI=1S/C23H32ClN5O2S/c1-17(29-14-4-2-3-5-15-29)12-13-25-20(30)10-7-11-21-27-28-23(32-21)22(31)26-19-9-6-8-18(24)16-19/h6,8-9,16-17H,2-5,7,10-15H2,1H3,(H,25,30)(H,26,31)/t17-/m0/s1. The zero-order valence-electron chi connectivity index (χ0n) is 18.6. The van der Waals surface area contributed by atoms with E-state index in [1.54, 1.807) is 24.3 Å². The number of aryl methyl sites for hydroxylation is 1. The number of nitrogens with one attached hydrogen (secondary N) is 2. The van der Waals surface area contributed by atoms with Gasteiger partial charge in [0.1, 0.15) is 5.01 Å². The highest BCUT2D eigenvalue weighted by Crippen LogP contribution is 2.18. The van der Waals surface area contributed by atoms with Crippen LogP contribution in [0.2, 0.25) is 5.02 Å². The van der Waals surface area contributed by atoms with Crippen molar-refractivity contribution in [3.8, 4) is 0 Å². The topological polar surface area (TPSA) is 87.2 Å². The van der Waals surface area contributed by atoms with Crippen LogP contribution in [0.15, 0.2) is 24.3 Å². The maximum absolute atomic E-state index is 12.3. The van der Waals surface area contributed by atoms with Gasteiger partial charge in [-0.3, -0.25) is 9.59 Å². The summed E-state index contributed by atoms with van der Waals surface area (Å²) in [6, 6.07) is 7.45. The van der Waals surface area contributed by atoms with Crippen molar-refractivity contribution in [2.24, 2.45) is 0 Å². The average Bonchev–Trinajstić information content (AvgIpc) is 3.07. The lowest BCUT2D eigenvalue weighted by atomic mass is 10.2. The second-order valence-corrected chi connectivity index (χ2v) is 9.76. The van der Waals surface area contributed by atoms with Crippen molar-refractivity contribution >= 4 is 40.4 Å². The van der Waals surface area contributed by atoms with E-state index in [-0.39, 0.29) is 11.8 Å². The Kier molecular flexibility index (Phi) is 9.89. The number of rotatable bonds is 10. The molecule has 1 saturated heterocycles. The number of hydrogen-bond acceptors (Lipinski definition) is 6. The number of amides is 2. The summed E-state index contributed by atoms with van der Waals surface area (Å²) < 4.78 is 0. The Morgan fingerprint density at radius 2 is 1.97 bits per heavy atom. The molecule has 2 heterocycles. The first kappa shape index (κ1) is 24.6. The highest BCUT2D eigenvalue weighted by Gasteiger charge is 2.16. The molecular formula is C23H32ClN5O2S. The van der Waals surface area contributed by atoms with Crippen molar-refractivity contribution in [1.82, 2.24) is 20.4 Å². The fraction of sp³-hybridized carbons (Fsp3) is 0.565. The SMILES string of the molecule is C[C@@H](CCNC(=O)CCCc1nnc(C(=O)Nc2cccc(Cl)c2)s1)N1CCCCCC1. The van der Waals surface area contributed by atoms with Crippen LogP contribution in [0.4, 0.5) is 5.69 Å². The summed E-state index contributed by atoms with van der Waals surface area (Å²) in [6.07, 6.45) is 7.97. The van der Waals surface area contributed by atoms with E-state index in [1.165, 1.54) is 50.1 Å². The van der Waals surface area contributed by atoms with Crippen LogP contribution >= 0.6 is 22.9 Å². The average molecular weight is 478 g/mol. The van der Waals surface area contributed by atoms with Gasteiger partial charge in [-0.25, -0.2) is 0 Å². The van der Waals surface area contributed by atoms with Crippen LogP contribution in [0.5, 0.6) is 0 Å². The van der Waals surface area contributed by atoms with Crippen molar-refractivity contribution in [1.29, 1.82) is 0 Å². The van der Waals surface area contributed by atoms with Crippen LogP contribution < -0.4 is 10.6 Å². The number of hydrogen-bond donors (Lipinski definition) is 2. The second-order valence-electron chi connectivity index (χ2n) is 8.26. The Hall–Kier alpha value is -2.03. The first-order chi connectivity index (χ1) is 15.5. The van der Waals surface area contributed by atoms with Crippen LogP contribution in [0, 0.1) is 0 Å². The number of nitrogens with zero attached hydrogens (tertiary/aromatic N) is 3. The Balaban J connectivity index is 1.32. The van der Waals surface area contributed by atoms with Gasteiger partial charge >= 0.3 is 0 Å². The van der Waals surface area contributed by atoms with Crippen LogP contribution in [0.3, 0.4) is 0 Å². The molecule has 9 heteroatoms. The third-order valence-corrected chi connectivity index (χ3v) is 6.90. The molecule has 0 spiro atoms. The van der Waals surface area contributed by atoms with Gasteiger partial charge in [-0.1, -0.05) is 41.8 Å². The second kappa shape index (κ2) is 12.9. The van der Waals surface area contributed by atoms with Gasteiger partial charge in [0.05, 0.1) is 0 Å². The van der Waals surface area contributed by atoms with Gasteiger partial charge in [0, 0.05) is 36.1 Å². The van der Waals surface area contributed by atoms with Gasteiger partial charge in [0.25, 0.3) is 5.91 Å². The van der Waals surface area contributed by atoms with E-state index in [4.69, 9.17) is 11.6 Å². The van der Waals surface area contributed by atoms with Crippen molar-refractivity contribution in [2.75, 3.05) is 25.0 Å². The fourth-order valence-corrected chi connectivity index (χ4v) is 4.79. The zero-order valence-corrected chi connectivity index (χ0v) is 20.2. The fourth-order valence-electron chi connectivity index (χ4n) is 3.82. The van der Waals surface area contributed by atoms with E-state index in [1.807, 2.05) is 0 Å². The normalized spacial score (nSPS) is 15.7. The van der Waals surface area contributed by atoms with Crippen molar-refractivity contribution in [3.63, 3.8) is 0 Å². The van der Waals surface area contributed by atoms with E-state index in [2.05, 4.69) is 32.7 Å². The molecule has 0 aliphatic carbocycles. The molecule has 7 nitrogen and oxygen atoms in total. The molecule has 3 rings (SSSR count). The Labute approximate surface area is 198 Å². The Bertz CT molecular complexity index is 883. The van der Waals surface area contributed by atoms with Crippen LogP contribution in [-0.4, -0.2) is 52.6 Å². The molecule has 0 unspecified atom stereocenters. The summed E-state index contributed by atoms with van der Waals surface area (Å²) in [7, 11) is 0. The smallest absolute Gasteiger partial charge is 0.286 e. The van der Waals surface area contributed by atoms with E-state index in [9.17, 15) is 9.59 Å². The predicted molar refractivity (Wildman–Crippen MR) is 129 cm³/mol. The minimum Gasteiger partial charge on any atom is -0.356 e. The molecular weight excluding hydrogens is 446 g/mol. The van der Waals surface area contributed by atoms with E-state index in [0.717, 1.165) is 11.4 Å². The maximum atomic E-state index is 12.3. The summed E-state index contributed by atoms with van der Waals surface area (Å²) >= 11 is 7.19. The monoisotopic (exact) mass is 477 g/mol. The number of halogens is 1. The molecule has 2 amide bonds. The predicted octanol–water partition coefficient (Wildman–Crippen LogP) is 4.54. The minimum atomic E-state index is -0.313.